The maximum Gasteiger partial charge on any atom is 0.347 e. The molecule has 0 saturated carbocycles. The van der Waals surface area contributed by atoms with E-state index in [2.05, 4.69) is 4.98 Å². The molecule has 0 bridgehead atoms. The number of anilines is 2. The van der Waals surface area contributed by atoms with Crippen molar-refractivity contribution >= 4 is 28.1 Å². The Balaban J connectivity index is 2.37. The fraction of sp³-hybridized carbons (Fsp3) is 0.231. The van der Waals surface area contributed by atoms with Crippen LogP contribution in [0.3, 0.4) is 0 Å². The zero-order valence-electron chi connectivity index (χ0n) is 10.3. The lowest BCUT2D eigenvalue weighted by Gasteiger charge is -2.15. The molecule has 1 aromatic carbocycles. The van der Waals surface area contributed by atoms with Crippen LogP contribution < -0.4 is 4.90 Å². The minimum absolute atomic E-state index is 0.329. The number of rotatable bonds is 4. The summed E-state index contributed by atoms with van der Waals surface area (Å²) in [6.07, 6.45) is 0.626. The number of para-hydroxylation sites is 1. The molecule has 2 rings (SSSR count). The lowest BCUT2D eigenvalue weighted by molar-refractivity contribution is 0.0701. The van der Waals surface area contributed by atoms with E-state index in [-0.39, 0.29) is 0 Å². The molecule has 0 radical (unpaired) electrons. The summed E-state index contributed by atoms with van der Waals surface area (Å²) in [5.74, 6) is -0.905. The second-order valence-electron chi connectivity index (χ2n) is 3.83. The average Bonchev–Trinajstić information content (AvgIpc) is 2.83. The van der Waals surface area contributed by atoms with Crippen LogP contribution in [0.25, 0.3) is 0 Å². The first-order chi connectivity index (χ1) is 8.63. The summed E-state index contributed by atoms with van der Waals surface area (Å²) in [5, 5.41) is 9.82. The lowest BCUT2D eigenvalue weighted by Crippen LogP contribution is -2.08. The van der Waals surface area contributed by atoms with Crippen molar-refractivity contribution in [3.63, 3.8) is 0 Å². The molecule has 0 unspecified atom stereocenters. The molecule has 4 nitrogen and oxygen atoms in total. The molecule has 0 aliphatic heterocycles. The number of aromatic carboxylic acids is 1. The van der Waals surface area contributed by atoms with Crippen LogP contribution >= 0.6 is 11.3 Å². The highest BCUT2D eigenvalue weighted by molar-refractivity contribution is 7.17. The van der Waals surface area contributed by atoms with E-state index in [1.807, 2.05) is 49.2 Å². The van der Waals surface area contributed by atoms with E-state index < -0.39 is 5.97 Å². The first kappa shape index (κ1) is 12.6. The summed E-state index contributed by atoms with van der Waals surface area (Å²) in [6, 6.07) is 9.76. The van der Waals surface area contributed by atoms with Gasteiger partial charge in [0.1, 0.15) is 4.88 Å². The Morgan fingerprint density at radius 2 is 2.06 bits per heavy atom. The highest BCUT2D eigenvalue weighted by Gasteiger charge is 2.18. The minimum Gasteiger partial charge on any atom is -0.477 e. The van der Waals surface area contributed by atoms with Crippen LogP contribution in [0.15, 0.2) is 30.3 Å². The molecule has 18 heavy (non-hydrogen) atoms. The molecule has 1 N–H and O–H groups in total. The summed E-state index contributed by atoms with van der Waals surface area (Å²) < 4.78 is 0. The molecular formula is C13H14N2O2S. The first-order valence-electron chi connectivity index (χ1n) is 5.65. The molecule has 0 spiro atoms. The van der Waals surface area contributed by atoms with Crippen LogP contribution in [0.5, 0.6) is 0 Å². The van der Waals surface area contributed by atoms with E-state index in [9.17, 15) is 4.79 Å². The van der Waals surface area contributed by atoms with Crippen molar-refractivity contribution in [1.29, 1.82) is 0 Å². The van der Waals surface area contributed by atoms with Crippen LogP contribution in [0, 0.1) is 0 Å². The van der Waals surface area contributed by atoms with Gasteiger partial charge in [0.15, 0.2) is 5.13 Å². The normalized spacial score (nSPS) is 10.3. The summed E-state index contributed by atoms with van der Waals surface area (Å²) >= 11 is 1.21. The van der Waals surface area contributed by atoms with Crippen LogP contribution in [-0.4, -0.2) is 23.1 Å². The maximum absolute atomic E-state index is 11.1. The van der Waals surface area contributed by atoms with E-state index in [1.165, 1.54) is 11.3 Å². The van der Waals surface area contributed by atoms with Crippen molar-refractivity contribution in [2.75, 3.05) is 11.9 Å². The third kappa shape index (κ3) is 2.36. The fourth-order valence-corrected chi connectivity index (χ4v) is 2.63. The largest absolute Gasteiger partial charge is 0.477 e. The van der Waals surface area contributed by atoms with Crippen molar-refractivity contribution in [3.05, 3.63) is 40.9 Å². The zero-order valence-corrected chi connectivity index (χ0v) is 11.1. The van der Waals surface area contributed by atoms with E-state index in [0.717, 1.165) is 5.69 Å². The highest BCUT2D eigenvalue weighted by Crippen LogP contribution is 2.30. The molecule has 1 heterocycles. The average molecular weight is 262 g/mol. The second kappa shape index (κ2) is 5.18. The Labute approximate surface area is 110 Å². The van der Waals surface area contributed by atoms with Gasteiger partial charge in [0, 0.05) is 12.7 Å². The number of hydrogen-bond donors (Lipinski definition) is 1. The monoisotopic (exact) mass is 262 g/mol. The van der Waals surface area contributed by atoms with Gasteiger partial charge in [0.2, 0.25) is 0 Å². The number of carbonyl (C=O) groups is 1. The van der Waals surface area contributed by atoms with Gasteiger partial charge < -0.3 is 10.0 Å². The van der Waals surface area contributed by atoms with Gasteiger partial charge in [-0.2, -0.15) is 0 Å². The van der Waals surface area contributed by atoms with Gasteiger partial charge in [-0.25, -0.2) is 9.78 Å². The second-order valence-corrected chi connectivity index (χ2v) is 4.80. The molecule has 0 aliphatic rings. The molecule has 94 valence electrons. The standard InChI is InChI=1S/C13H14N2O2S/c1-3-10-11(12(16)17)18-13(14-10)15(2)9-7-5-4-6-8-9/h4-8H,3H2,1-2H3,(H,16,17). The molecular weight excluding hydrogens is 248 g/mol. The summed E-state index contributed by atoms with van der Waals surface area (Å²) in [6.45, 7) is 1.91. The number of carboxylic acid groups (broad SMARTS) is 1. The van der Waals surface area contributed by atoms with Crippen molar-refractivity contribution < 1.29 is 9.90 Å². The van der Waals surface area contributed by atoms with Gasteiger partial charge in [-0.1, -0.05) is 36.5 Å². The molecule has 0 aliphatic carbocycles. The van der Waals surface area contributed by atoms with Crippen molar-refractivity contribution in [2.24, 2.45) is 0 Å². The first-order valence-corrected chi connectivity index (χ1v) is 6.47. The number of aryl methyl sites for hydroxylation is 1. The summed E-state index contributed by atoms with van der Waals surface area (Å²) in [5.41, 5.74) is 1.64. The van der Waals surface area contributed by atoms with Crippen molar-refractivity contribution in [2.45, 2.75) is 13.3 Å². The Hall–Kier alpha value is -1.88. The highest BCUT2D eigenvalue weighted by atomic mass is 32.1. The molecule has 0 fully saturated rings. The number of hydrogen-bond acceptors (Lipinski definition) is 4. The summed E-state index contributed by atoms with van der Waals surface area (Å²) in [7, 11) is 1.89. The Morgan fingerprint density at radius 1 is 1.39 bits per heavy atom. The van der Waals surface area contributed by atoms with Crippen LogP contribution in [0.1, 0.15) is 22.3 Å². The van der Waals surface area contributed by atoms with Gasteiger partial charge in [-0.05, 0) is 18.6 Å². The maximum atomic E-state index is 11.1. The number of nitrogens with zero attached hydrogens (tertiary/aromatic N) is 2. The van der Waals surface area contributed by atoms with E-state index in [4.69, 9.17) is 5.11 Å². The van der Waals surface area contributed by atoms with Crippen LogP contribution in [0.2, 0.25) is 0 Å². The number of benzene rings is 1. The number of thiazole rings is 1. The predicted octanol–water partition coefficient (Wildman–Crippen LogP) is 3.17. The van der Waals surface area contributed by atoms with Gasteiger partial charge >= 0.3 is 5.97 Å². The quantitative estimate of drug-likeness (QED) is 0.919. The van der Waals surface area contributed by atoms with E-state index in [0.29, 0.717) is 22.1 Å². The lowest BCUT2D eigenvalue weighted by atomic mass is 10.3. The molecule has 2 aromatic rings. The number of aromatic nitrogens is 1. The van der Waals surface area contributed by atoms with E-state index in [1.54, 1.807) is 0 Å². The SMILES string of the molecule is CCc1nc(N(C)c2ccccc2)sc1C(=O)O. The van der Waals surface area contributed by atoms with Gasteiger partial charge in [0.05, 0.1) is 5.69 Å². The van der Waals surface area contributed by atoms with Crippen molar-refractivity contribution in [3.8, 4) is 0 Å². The van der Waals surface area contributed by atoms with Gasteiger partial charge in [-0.15, -0.1) is 0 Å². The van der Waals surface area contributed by atoms with Crippen LogP contribution in [-0.2, 0) is 6.42 Å². The predicted molar refractivity (Wildman–Crippen MR) is 73.0 cm³/mol. The Morgan fingerprint density at radius 3 is 2.56 bits per heavy atom. The van der Waals surface area contributed by atoms with Gasteiger partial charge in [0.25, 0.3) is 0 Å². The third-order valence-corrected chi connectivity index (χ3v) is 3.81. The molecule has 5 heteroatoms. The minimum atomic E-state index is -0.905. The van der Waals surface area contributed by atoms with Gasteiger partial charge in [-0.3, -0.25) is 0 Å². The topological polar surface area (TPSA) is 53.4 Å². The smallest absolute Gasteiger partial charge is 0.347 e. The summed E-state index contributed by atoms with van der Waals surface area (Å²) in [4.78, 5) is 17.7. The Kier molecular flexibility index (Phi) is 3.62. The van der Waals surface area contributed by atoms with E-state index >= 15 is 0 Å². The van der Waals surface area contributed by atoms with Crippen molar-refractivity contribution in [1.82, 2.24) is 4.98 Å². The molecule has 1 aromatic heterocycles. The van der Waals surface area contributed by atoms with Crippen LogP contribution in [0.4, 0.5) is 10.8 Å². The fourth-order valence-electron chi connectivity index (χ4n) is 1.65. The molecule has 0 saturated heterocycles. The molecule has 0 atom stereocenters. The Bertz CT molecular complexity index is 551. The number of carboxylic acids is 1. The third-order valence-electron chi connectivity index (χ3n) is 2.65. The zero-order chi connectivity index (χ0) is 13.1. The molecule has 0 amide bonds.